The summed E-state index contributed by atoms with van der Waals surface area (Å²) >= 11 is 2.14. The first kappa shape index (κ1) is 13.8. The summed E-state index contributed by atoms with van der Waals surface area (Å²) in [5.41, 5.74) is 11.9. The van der Waals surface area contributed by atoms with Crippen molar-refractivity contribution in [1.29, 1.82) is 0 Å². The van der Waals surface area contributed by atoms with Crippen molar-refractivity contribution in [1.82, 2.24) is 0 Å². The molecule has 0 bridgehead atoms. The first-order valence-corrected chi connectivity index (χ1v) is 5.96. The number of esters is 1. The van der Waals surface area contributed by atoms with E-state index in [0.717, 1.165) is 14.7 Å². The zero-order valence-electron chi connectivity index (χ0n) is 10.0. The highest BCUT2D eigenvalue weighted by Crippen LogP contribution is 2.34. The predicted octanol–water partition coefficient (Wildman–Crippen LogP) is 3.94. The quantitative estimate of drug-likeness (QED) is 0.268. The molecule has 0 aliphatic heterocycles. The molecule has 0 saturated heterocycles. The molecule has 0 N–H and O–H groups in total. The number of hydrogen-bond acceptors (Lipinski definition) is 3. The van der Waals surface area contributed by atoms with Gasteiger partial charge in [0.1, 0.15) is 0 Å². The van der Waals surface area contributed by atoms with E-state index in [9.17, 15) is 4.79 Å². The summed E-state index contributed by atoms with van der Waals surface area (Å²) in [7, 11) is 1.33. The van der Waals surface area contributed by atoms with Crippen LogP contribution in [-0.4, -0.2) is 13.1 Å². The molecule has 1 aromatic rings. The van der Waals surface area contributed by atoms with Crippen LogP contribution in [0.5, 0.6) is 0 Å². The molecule has 0 spiro atoms. The fraction of sp³-hybridized carbons (Fsp3) is 0.364. The Labute approximate surface area is 113 Å². The Balaban J connectivity index is 3.73. The highest BCUT2D eigenvalue weighted by atomic mass is 127. The van der Waals surface area contributed by atoms with Crippen LogP contribution in [0, 0.1) is 24.3 Å². The molecule has 0 unspecified atom stereocenters. The number of carbonyl (C=O) groups is 1. The van der Waals surface area contributed by atoms with Gasteiger partial charge in [0.15, 0.2) is 0 Å². The van der Waals surface area contributed by atoms with Crippen LogP contribution in [0.1, 0.15) is 27.0 Å². The number of ether oxygens (including phenoxy) is 1. The monoisotopic (exact) mass is 345 g/mol. The average molecular weight is 345 g/mol. The molecule has 0 aromatic heterocycles. The van der Waals surface area contributed by atoms with Crippen LogP contribution in [0.25, 0.3) is 10.4 Å². The van der Waals surface area contributed by atoms with E-state index in [1.54, 1.807) is 6.92 Å². The number of rotatable bonds is 2. The van der Waals surface area contributed by atoms with Crippen molar-refractivity contribution in [3.8, 4) is 0 Å². The van der Waals surface area contributed by atoms with E-state index in [4.69, 9.17) is 10.3 Å². The van der Waals surface area contributed by atoms with Crippen molar-refractivity contribution in [3.05, 3.63) is 36.3 Å². The topological polar surface area (TPSA) is 75.1 Å². The van der Waals surface area contributed by atoms with Crippen molar-refractivity contribution in [2.24, 2.45) is 5.11 Å². The second kappa shape index (κ2) is 5.37. The van der Waals surface area contributed by atoms with Gasteiger partial charge in [-0.1, -0.05) is 5.11 Å². The molecule has 0 fully saturated rings. The molecule has 1 rings (SSSR count). The summed E-state index contributed by atoms with van der Waals surface area (Å²) in [5.74, 6) is -0.410. The lowest BCUT2D eigenvalue weighted by Gasteiger charge is -2.15. The van der Waals surface area contributed by atoms with Crippen LogP contribution < -0.4 is 0 Å². The van der Waals surface area contributed by atoms with Crippen LogP contribution in [0.4, 0.5) is 5.69 Å². The van der Waals surface area contributed by atoms with Crippen LogP contribution in [0.3, 0.4) is 0 Å². The lowest BCUT2D eigenvalue weighted by Crippen LogP contribution is -2.09. The number of carbonyl (C=O) groups excluding carboxylic acids is 1. The van der Waals surface area contributed by atoms with E-state index in [1.165, 1.54) is 7.11 Å². The smallest absolute Gasteiger partial charge is 0.338 e. The molecule has 0 amide bonds. The van der Waals surface area contributed by atoms with Gasteiger partial charge in [-0.2, -0.15) is 0 Å². The number of nitrogens with zero attached hydrogens (tertiary/aromatic N) is 3. The van der Waals surface area contributed by atoms with Gasteiger partial charge >= 0.3 is 5.97 Å². The zero-order valence-corrected chi connectivity index (χ0v) is 12.2. The largest absolute Gasteiger partial charge is 0.465 e. The minimum Gasteiger partial charge on any atom is -0.465 e. The van der Waals surface area contributed by atoms with Crippen molar-refractivity contribution < 1.29 is 9.53 Å². The maximum absolute atomic E-state index is 11.7. The Kier molecular flexibility index (Phi) is 4.36. The molecule has 0 radical (unpaired) electrons. The molecule has 0 heterocycles. The number of azide groups is 1. The Hall–Kier alpha value is -1.27. The fourth-order valence-electron chi connectivity index (χ4n) is 1.78. The number of benzene rings is 1. The summed E-state index contributed by atoms with van der Waals surface area (Å²) < 4.78 is 5.66. The van der Waals surface area contributed by atoms with Gasteiger partial charge in [0.2, 0.25) is 0 Å². The van der Waals surface area contributed by atoms with Crippen LogP contribution in [0.2, 0.25) is 0 Å². The number of halogens is 1. The molecule has 1 aromatic carbocycles. The van der Waals surface area contributed by atoms with Gasteiger partial charge in [-0.25, -0.2) is 4.79 Å². The van der Waals surface area contributed by atoms with Crippen molar-refractivity contribution >= 4 is 34.2 Å². The van der Waals surface area contributed by atoms with Gasteiger partial charge in [-0.05, 0) is 65.6 Å². The van der Waals surface area contributed by atoms with Gasteiger partial charge in [-0.15, -0.1) is 0 Å². The summed E-state index contributed by atoms with van der Waals surface area (Å²) in [5, 5.41) is 3.65. The van der Waals surface area contributed by atoms with Gasteiger partial charge in [0, 0.05) is 14.2 Å². The number of methoxy groups -OCH3 is 1. The van der Waals surface area contributed by atoms with E-state index in [2.05, 4.69) is 32.6 Å². The summed E-state index contributed by atoms with van der Waals surface area (Å²) in [6.45, 7) is 5.48. The minimum atomic E-state index is -0.410. The first-order chi connectivity index (χ1) is 7.95. The third kappa shape index (κ3) is 2.37. The van der Waals surface area contributed by atoms with Gasteiger partial charge < -0.3 is 4.74 Å². The lowest BCUT2D eigenvalue weighted by molar-refractivity contribution is 0.0599. The third-order valence-corrected chi connectivity index (χ3v) is 4.27. The second-order valence-corrected chi connectivity index (χ2v) is 4.67. The average Bonchev–Trinajstić information content (AvgIpc) is 2.32. The molecular formula is C11H12IN3O2. The van der Waals surface area contributed by atoms with E-state index in [-0.39, 0.29) is 0 Å². The summed E-state index contributed by atoms with van der Waals surface area (Å²) in [6.07, 6.45) is 0. The lowest BCUT2D eigenvalue weighted by atomic mass is 9.97. The van der Waals surface area contributed by atoms with E-state index >= 15 is 0 Å². The fourth-order valence-corrected chi connectivity index (χ4v) is 2.30. The predicted molar refractivity (Wildman–Crippen MR) is 73.5 cm³/mol. The van der Waals surface area contributed by atoms with Crippen LogP contribution >= 0.6 is 22.6 Å². The van der Waals surface area contributed by atoms with Gasteiger partial charge in [0.25, 0.3) is 0 Å². The van der Waals surface area contributed by atoms with E-state index < -0.39 is 5.97 Å². The molecule has 5 nitrogen and oxygen atoms in total. The molecule has 6 heteroatoms. The van der Waals surface area contributed by atoms with Gasteiger partial charge in [0.05, 0.1) is 12.7 Å². The summed E-state index contributed by atoms with van der Waals surface area (Å²) in [4.78, 5) is 14.5. The maximum atomic E-state index is 11.7. The number of hydrogen-bond donors (Lipinski definition) is 0. The van der Waals surface area contributed by atoms with Crippen molar-refractivity contribution in [2.45, 2.75) is 20.8 Å². The molecule has 17 heavy (non-hydrogen) atoms. The summed E-state index contributed by atoms with van der Waals surface area (Å²) in [6, 6.07) is 0. The second-order valence-electron chi connectivity index (χ2n) is 3.59. The molecule has 0 atom stereocenters. The Bertz CT molecular complexity index is 534. The van der Waals surface area contributed by atoms with Crippen LogP contribution in [-0.2, 0) is 4.74 Å². The highest BCUT2D eigenvalue weighted by molar-refractivity contribution is 14.1. The van der Waals surface area contributed by atoms with Crippen molar-refractivity contribution in [2.75, 3.05) is 7.11 Å². The Morgan fingerprint density at radius 2 is 1.88 bits per heavy atom. The first-order valence-electron chi connectivity index (χ1n) is 4.88. The molecule has 90 valence electrons. The molecule has 0 aliphatic rings. The SMILES string of the molecule is COC(=O)c1c(C)c(I)c(C)c(N=[N+]=[N-])c1C. The van der Waals surface area contributed by atoms with Crippen LogP contribution in [0.15, 0.2) is 5.11 Å². The third-order valence-electron chi connectivity index (χ3n) is 2.65. The Morgan fingerprint density at radius 3 is 2.35 bits per heavy atom. The van der Waals surface area contributed by atoms with Gasteiger partial charge in [-0.3, -0.25) is 0 Å². The Morgan fingerprint density at radius 1 is 1.29 bits per heavy atom. The van der Waals surface area contributed by atoms with Crippen molar-refractivity contribution in [3.63, 3.8) is 0 Å². The highest BCUT2D eigenvalue weighted by Gasteiger charge is 2.20. The zero-order chi connectivity index (χ0) is 13.2. The molecule has 0 aliphatic carbocycles. The van der Waals surface area contributed by atoms with E-state index in [1.807, 2.05) is 13.8 Å². The maximum Gasteiger partial charge on any atom is 0.338 e. The minimum absolute atomic E-state index is 0.410. The molecule has 0 saturated carbocycles. The standard InChI is InChI=1S/C11H12IN3O2/c1-5-8(11(16)17-4)6(2)10(14-15-13)7(3)9(5)12/h1-4H3. The van der Waals surface area contributed by atoms with E-state index in [0.29, 0.717) is 16.8 Å². The normalized spacial score (nSPS) is 9.71. The molecular weight excluding hydrogens is 333 g/mol.